The fourth-order valence-electron chi connectivity index (χ4n) is 3.58. The van der Waals surface area contributed by atoms with Gasteiger partial charge in [-0.3, -0.25) is 4.79 Å². The molecule has 0 saturated carbocycles. The van der Waals surface area contributed by atoms with Crippen LogP contribution in [0.15, 0.2) is 48.8 Å². The molecule has 0 spiro atoms. The fourth-order valence-corrected chi connectivity index (χ4v) is 3.58. The summed E-state index contributed by atoms with van der Waals surface area (Å²) in [7, 11) is 1.62. The molecule has 4 rings (SSSR count). The number of hydrogen-bond donors (Lipinski definition) is 2. The zero-order chi connectivity index (χ0) is 18.8. The Hall–Kier alpha value is -2.99. The number of benzene rings is 2. The van der Waals surface area contributed by atoms with Crippen LogP contribution in [0.4, 0.5) is 5.82 Å². The minimum Gasteiger partial charge on any atom is -0.393 e. The van der Waals surface area contributed by atoms with Gasteiger partial charge in [-0.1, -0.05) is 24.3 Å². The second-order valence-electron chi connectivity index (χ2n) is 6.77. The van der Waals surface area contributed by atoms with E-state index in [1.54, 1.807) is 13.4 Å². The van der Waals surface area contributed by atoms with E-state index in [1.165, 1.54) is 0 Å². The van der Waals surface area contributed by atoms with E-state index in [9.17, 15) is 9.90 Å². The molecule has 6 heteroatoms. The first kappa shape index (κ1) is 17.4. The molecular weight excluding hydrogens is 340 g/mol. The number of hydrogen-bond acceptors (Lipinski definition) is 5. The highest BCUT2D eigenvalue weighted by molar-refractivity contribution is 6.00. The molecule has 3 aromatic rings. The number of nitrogens with zero attached hydrogens (tertiary/aromatic N) is 3. The first-order valence-electron chi connectivity index (χ1n) is 9.16. The molecule has 0 atom stereocenters. The molecule has 2 aromatic carbocycles. The summed E-state index contributed by atoms with van der Waals surface area (Å²) in [4.78, 5) is 23.0. The Morgan fingerprint density at radius 1 is 1.11 bits per heavy atom. The summed E-state index contributed by atoms with van der Waals surface area (Å²) in [5, 5.41) is 13.4. The number of aliphatic hydroxyl groups is 1. The number of aliphatic hydroxyl groups excluding tert-OH is 1. The van der Waals surface area contributed by atoms with E-state index >= 15 is 0 Å². The average Bonchev–Trinajstić information content (AvgIpc) is 2.73. The van der Waals surface area contributed by atoms with Crippen molar-refractivity contribution >= 4 is 22.6 Å². The summed E-state index contributed by atoms with van der Waals surface area (Å²) in [6, 6.07) is 13.6. The number of anilines is 1. The summed E-state index contributed by atoms with van der Waals surface area (Å²) in [5.74, 6) is 0.812. The summed E-state index contributed by atoms with van der Waals surface area (Å²) >= 11 is 0. The number of carbonyl (C=O) groups excluding carboxylic acids is 1. The summed E-state index contributed by atoms with van der Waals surface area (Å²) in [6.07, 6.45) is 2.90. The number of rotatable bonds is 3. The van der Waals surface area contributed by atoms with Crippen molar-refractivity contribution in [2.45, 2.75) is 18.9 Å². The van der Waals surface area contributed by atoms with Crippen molar-refractivity contribution in [3.8, 4) is 11.1 Å². The van der Waals surface area contributed by atoms with Crippen LogP contribution >= 0.6 is 0 Å². The van der Waals surface area contributed by atoms with Crippen molar-refractivity contribution in [1.82, 2.24) is 15.3 Å². The largest absolute Gasteiger partial charge is 0.393 e. The summed E-state index contributed by atoms with van der Waals surface area (Å²) in [6.45, 7) is 1.58. The lowest BCUT2D eigenvalue weighted by Gasteiger charge is -2.31. The Morgan fingerprint density at radius 3 is 2.56 bits per heavy atom. The van der Waals surface area contributed by atoms with Gasteiger partial charge in [0.2, 0.25) is 0 Å². The molecule has 1 fully saturated rings. The van der Waals surface area contributed by atoms with E-state index in [0.717, 1.165) is 53.8 Å². The quantitative estimate of drug-likeness (QED) is 0.749. The predicted octanol–water partition coefficient (Wildman–Crippen LogP) is 2.62. The maximum Gasteiger partial charge on any atom is 0.251 e. The number of piperidine rings is 1. The van der Waals surface area contributed by atoms with Gasteiger partial charge in [-0.25, -0.2) is 9.97 Å². The highest BCUT2D eigenvalue weighted by atomic mass is 16.3. The highest BCUT2D eigenvalue weighted by Crippen LogP contribution is 2.32. The molecule has 138 valence electrons. The van der Waals surface area contributed by atoms with Crippen LogP contribution in [0.3, 0.4) is 0 Å². The van der Waals surface area contributed by atoms with Gasteiger partial charge in [0.1, 0.15) is 12.1 Å². The minimum atomic E-state index is -0.219. The van der Waals surface area contributed by atoms with E-state index in [2.05, 4.69) is 20.2 Å². The number of amides is 1. The van der Waals surface area contributed by atoms with E-state index < -0.39 is 0 Å². The normalized spacial score (nSPS) is 15.1. The van der Waals surface area contributed by atoms with Crippen LogP contribution in [-0.2, 0) is 0 Å². The van der Waals surface area contributed by atoms with Gasteiger partial charge in [-0.15, -0.1) is 0 Å². The monoisotopic (exact) mass is 362 g/mol. The zero-order valence-corrected chi connectivity index (χ0v) is 15.2. The molecule has 0 bridgehead atoms. The second-order valence-corrected chi connectivity index (χ2v) is 6.77. The Morgan fingerprint density at radius 2 is 1.85 bits per heavy atom. The molecular formula is C21H22N4O2. The molecule has 6 nitrogen and oxygen atoms in total. The van der Waals surface area contributed by atoms with Crippen molar-refractivity contribution < 1.29 is 9.90 Å². The van der Waals surface area contributed by atoms with Crippen LogP contribution < -0.4 is 10.2 Å². The second kappa shape index (κ2) is 7.32. The van der Waals surface area contributed by atoms with Crippen LogP contribution in [0.2, 0.25) is 0 Å². The predicted molar refractivity (Wildman–Crippen MR) is 106 cm³/mol. The summed E-state index contributed by atoms with van der Waals surface area (Å²) in [5.41, 5.74) is 3.54. The Balaban J connectivity index is 1.74. The molecule has 1 saturated heterocycles. The minimum absolute atomic E-state index is 0.101. The number of carbonyl (C=O) groups is 1. The van der Waals surface area contributed by atoms with Crippen LogP contribution in [0.1, 0.15) is 23.2 Å². The van der Waals surface area contributed by atoms with Gasteiger partial charge in [0, 0.05) is 36.7 Å². The molecule has 2 N–H and O–H groups in total. The Labute approximate surface area is 157 Å². The van der Waals surface area contributed by atoms with Gasteiger partial charge < -0.3 is 15.3 Å². The molecule has 1 aliphatic rings. The topological polar surface area (TPSA) is 78.4 Å². The number of fused-ring (bicyclic) bond motifs is 1. The molecule has 1 amide bonds. The lowest BCUT2D eigenvalue weighted by Crippen LogP contribution is -2.36. The highest BCUT2D eigenvalue weighted by Gasteiger charge is 2.20. The van der Waals surface area contributed by atoms with Crippen molar-refractivity contribution in [2.75, 3.05) is 25.0 Å². The number of aromatic nitrogens is 2. The van der Waals surface area contributed by atoms with Crippen LogP contribution in [-0.4, -0.2) is 47.2 Å². The van der Waals surface area contributed by atoms with E-state index in [1.807, 2.05) is 42.5 Å². The van der Waals surface area contributed by atoms with Gasteiger partial charge in [0.15, 0.2) is 0 Å². The van der Waals surface area contributed by atoms with Crippen molar-refractivity contribution in [3.05, 3.63) is 54.4 Å². The fraction of sp³-hybridized carbons (Fsp3) is 0.286. The van der Waals surface area contributed by atoms with Gasteiger partial charge in [-0.2, -0.15) is 0 Å². The summed E-state index contributed by atoms with van der Waals surface area (Å²) < 4.78 is 0. The third kappa shape index (κ3) is 3.36. The maximum absolute atomic E-state index is 11.8. The lowest BCUT2D eigenvalue weighted by atomic mass is 10.00. The number of nitrogens with one attached hydrogen (secondary N) is 1. The van der Waals surface area contributed by atoms with Crippen molar-refractivity contribution in [3.63, 3.8) is 0 Å². The molecule has 1 aliphatic heterocycles. The lowest BCUT2D eigenvalue weighted by molar-refractivity contribution is 0.0963. The van der Waals surface area contributed by atoms with E-state index in [0.29, 0.717) is 5.56 Å². The van der Waals surface area contributed by atoms with Crippen LogP contribution in [0, 0.1) is 0 Å². The molecule has 0 aliphatic carbocycles. The van der Waals surface area contributed by atoms with E-state index in [4.69, 9.17) is 0 Å². The van der Waals surface area contributed by atoms with Crippen molar-refractivity contribution in [2.24, 2.45) is 0 Å². The molecule has 2 heterocycles. The maximum atomic E-state index is 11.8. The molecule has 0 unspecified atom stereocenters. The smallest absolute Gasteiger partial charge is 0.251 e. The zero-order valence-electron chi connectivity index (χ0n) is 15.2. The first-order valence-corrected chi connectivity index (χ1v) is 9.16. The standard InChI is InChI=1S/C21H22N4O2/c1-22-21(27)15-7-5-14(6-8-15)17-3-2-4-18-19(17)23-13-24-20(18)25-11-9-16(26)10-12-25/h2-8,13,16,26H,9-12H2,1H3,(H,22,27). The van der Waals surface area contributed by atoms with Gasteiger partial charge in [-0.05, 0) is 36.6 Å². The van der Waals surface area contributed by atoms with Crippen LogP contribution in [0.5, 0.6) is 0 Å². The Bertz CT molecular complexity index is 964. The van der Waals surface area contributed by atoms with Gasteiger partial charge >= 0.3 is 0 Å². The van der Waals surface area contributed by atoms with E-state index in [-0.39, 0.29) is 12.0 Å². The van der Waals surface area contributed by atoms with Gasteiger partial charge in [0.05, 0.1) is 11.6 Å². The molecule has 1 aromatic heterocycles. The third-order valence-corrected chi connectivity index (χ3v) is 5.09. The molecule has 0 radical (unpaired) electrons. The van der Waals surface area contributed by atoms with Crippen LogP contribution in [0.25, 0.3) is 22.0 Å². The SMILES string of the molecule is CNC(=O)c1ccc(-c2cccc3c(N4CCC(O)CC4)ncnc23)cc1. The third-order valence-electron chi connectivity index (χ3n) is 5.09. The molecule has 27 heavy (non-hydrogen) atoms. The Kier molecular flexibility index (Phi) is 4.73. The number of para-hydroxylation sites is 1. The van der Waals surface area contributed by atoms with Crippen molar-refractivity contribution in [1.29, 1.82) is 0 Å². The average molecular weight is 362 g/mol. The van der Waals surface area contributed by atoms with Gasteiger partial charge in [0.25, 0.3) is 5.91 Å². The first-order chi connectivity index (χ1) is 13.2.